The number of alkyl halides is 1. The van der Waals surface area contributed by atoms with E-state index in [1.165, 1.54) is 0 Å². The van der Waals surface area contributed by atoms with E-state index in [-0.39, 0.29) is 0 Å². The Morgan fingerprint density at radius 1 is 1.37 bits per heavy atom. The first-order valence-corrected chi connectivity index (χ1v) is 7.44. The van der Waals surface area contributed by atoms with Crippen LogP contribution in [0, 0.1) is 0 Å². The lowest BCUT2D eigenvalue weighted by Crippen LogP contribution is -2.03. The summed E-state index contributed by atoms with van der Waals surface area (Å²) in [5, 5.41) is 4.44. The van der Waals surface area contributed by atoms with Gasteiger partial charge in [-0.25, -0.2) is 0 Å². The minimum absolute atomic E-state index is 0.365. The van der Waals surface area contributed by atoms with E-state index in [0.717, 1.165) is 21.5 Å². The van der Waals surface area contributed by atoms with Crippen molar-refractivity contribution in [2.45, 2.75) is 32.4 Å². The second-order valence-corrected chi connectivity index (χ2v) is 5.68. The van der Waals surface area contributed by atoms with Crippen LogP contribution in [0.15, 0.2) is 34.9 Å². The molecule has 2 aromatic rings. The number of hydrogen-bond donors (Lipinski definition) is 0. The molecule has 0 amide bonds. The van der Waals surface area contributed by atoms with Crippen LogP contribution in [0.4, 0.5) is 0 Å². The van der Waals surface area contributed by atoms with Gasteiger partial charge >= 0.3 is 0 Å². The van der Waals surface area contributed by atoms with Crippen LogP contribution < -0.4 is 4.74 Å². The van der Waals surface area contributed by atoms with Gasteiger partial charge in [0.15, 0.2) is 0 Å². The van der Waals surface area contributed by atoms with Crippen molar-refractivity contribution in [3.05, 3.63) is 46.2 Å². The average Bonchev–Trinajstić information content (AvgIpc) is 2.87. The summed E-state index contributed by atoms with van der Waals surface area (Å²) in [4.78, 5) is 0. The van der Waals surface area contributed by atoms with Gasteiger partial charge in [0.1, 0.15) is 12.4 Å². The Kier molecular flexibility index (Phi) is 4.88. The number of aromatic nitrogens is 2. The second kappa shape index (κ2) is 6.44. The van der Waals surface area contributed by atoms with Crippen LogP contribution in [0.5, 0.6) is 5.75 Å². The minimum atomic E-state index is 0.365. The largest absolute Gasteiger partial charge is 0.487 e. The smallest absolute Gasteiger partial charge is 0.132 e. The molecule has 0 N–H and O–H groups in total. The maximum Gasteiger partial charge on any atom is 0.132 e. The van der Waals surface area contributed by atoms with Gasteiger partial charge in [-0.15, -0.1) is 11.6 Å². The lowest BCUT2D eigenvalue weighted by molar-refractivity contribution is 0.298. The van der Waals surface area contributed by atoms with Gasteiger partial charge in [-0.1, -0.05) is 15.9 Å². The Hall–Kier alpha value is -1.00. The molecule has 0 aliphatic heterocycles. The molecule has 2 rings (SSSR count). The fourth-order valence-electron chi connectivity index (χ4n) is 1.64. The van der Waals surface area contributed by atoms with Crippen molar-refractivity contribution < 1.29 is 4.74 Å². The van der Waals surface area contributed by atoms with E-state index < -0.39 is 0 Å². The van der Waals surface area contributed by atoms with E-state index in [2.05, 4.69) is 34.9 Å². The summed E-state index contributed by atoms with van der Waals surface area (Å²) in [6.45, 7) is 4.65. The van der Waals surface area contributed by atoms with Crippen molar-refractivity contribution in [3.8, 4) is 5.75 Å². The van der Waals surface area contributed by atoms with Crippen molar-refractivity contribution >= 4 is 27.5 Å². The van der Waals surface area contributed by atoms with Crippen LogP contribution in [0.3, 0.4) is 0 Å². The number of ether oxygens (including phenoxy) is 1. The standard InChI is InChI=1S/C14H16BrClN2O/c1-10(2)18-6-5-12(17-18)9-19-13-3-4-14(15)11(7-13)8-16/h3-7,10H,8-9H2,1-2H3. The summed E-state index contributed by atoms with van der Waals surface area (Å²) in [6.07, 6.45) is 1.97. The quantitative estimate of drug-likeness (QED) is 0.745. The number of rotatable bonds is 5. The predicted molar refractivity (Wildman–Crippen MR) is 80.6 cm³/mol. The average molecular weight is 344 g/mol. The summed E-state index contributed by atoms with van der Waals surface area (Å²) < 4.78 is 8.65. The fourth-order valence-corrected chi connectivity index (χ4v) is 2.41. The molecule has 0 atom stereocenters. The van der Waals surface area contributed by atoms with Gasteiger partial charge in [-0.05, 0) is 43.7 Å². The zero-order chi connectivity index (χ0) is 13.8. The van der Waals surface area contributed by atoms with Gasteiger partial charge in [0.2, 0.25) is 0 Å². The Morgan fingerprint density at radius 3 is 2.79 bits per heavy atom. The topological polar surface area (TPSA) is 27.1 Å². The monoisotopic (exact) mass is 342 g/mol. The van der Waals surface area contributed by atoms with E-state index in [9.17, 15) is 0 Å². The highest BCUT2D eigenvalue weighted by atomic mass is 79.9. The summed E-state index contributed by atoms with van der Waals surface area (Å²) in [5.74, 6) is 1.26. The third kappa shape index (κ3) is 3.74. The molecule has 1 aromatic carbocycles. The lowest BCUT2D eigenvalue weighted by Gasteiger charge is -2.07. The Labute approximate surface area is 126 Å². The van der Waals surface area contributed by atoms with Crippen molar-refractivity contribution in [3.63, 3.8) is 0 Å². The minimum Gasteiger partial charge on any atom is -0.487 e. The SMILES string of the molecule is CC(C)n1ccc(COc2ccc(Br)c(CCl)c2)n1. The highest BCUT2D eigenvalue weighted by Crippen LogP contribution is 2.24. The van der Waals surface area contributed by atoms with Crippen LogP contribution in [-0.2, 0) is 12.5 Å². The zero-order valence-electron chi connectivity index (χ0n) is 10.9. The van der Waals surface area contributed by atoms with Gasteiger partial charge in [-0.2, -0.15) is 5.10 Å². The molecule has 0 aliphatic rings. The Morgan fingerprint density at radius 2 is 2.16 bits per heavy atom. The van der Waals surface area contributed by atoms with E-state index in [1.807, 2.05) is 35.1 Å². The highest BCUT2D eigenvalue weighted by molar-refractivity contribution is 9.10. The van der Waals surface area contributed by atoms with Crippen molar-refractivity contribution in [1.29, 1.82) is 0 Å². The summed E-state index contributed by atoms with van der Waals surface area (Å²) in [6, 6.07) is 8.14. The van der Waals surface area contributed by atoms with Crippen molar-refractivity contribution in [2.24, 2.45) is 0 Å². The van der Waals surface area contributed by atoms with Crippen LogP contribution in [0.2, 0.25) is 0 Å². The van der Waals surface area contributed by atoms with E-state index >= 15 is 0 Å². The summed E-state index contributed by atoms with van der Waals surface area (Å²) in [7, 11) is 0. The molecular weight excluding hydrogens is 328 g/mol. The third-order valence-corrected chi connectivity index (χ3v) is 3.80. The summed E-state index contributed by atoms with van der Waals surface area (Å²) in [5.41, 5.74) is 1.94. The molecular formula is C14H16BrClN2O. The first kappa shape index (κ1) is 14.4. The number of benzene rings is 1. The van der Waals surface area contributed by atoms with Gasteiger partial charge in [0.05, 0.1) is 5.69 Å². The number of halogens is 2. The van der Waals surface area contributed by atoms with E-state index in [4.69, 9.17) is 16.3 Å². The van der Waals surface area contributed by atoms with Crippen molar-refractivity contribution in [1.82, 2.24) is 9.78 Å². The maximum absolute atomic E-state index is 5.86. The van der Waals surface area contributed by atoms with Gasteiger partial charge in [-0.3, -0.25) is 4.68 Å². The molecule has 19 heavy (non-hydrogen) atoms. The van der Waals surface area contributed by atoms with Gasteiger partial charge in [0, 0.05) is 22.6 Å². The van der Waals surface area contributed by atoms with Crippen LogP contribution in [-0.4, -0.2) is 9.78 Å². The molecule has 0 saturated heterocycles. The molecule has 0 aliphatic carbocycles. The molecule has 0 fully saturated rings. The molecule has 1 heterocycles. The van der Waals surface area contributed by atoms with E-state index in [1.54, 1.807) is 0 Å². The molecule has 3 nitrogen and oxygen atoms in total. The Balaban J connectivity index is 2.01. The fraction of sp³-hybridized carbons (Fsp3) is 0.357. The molecule has 0 bridgehead atoms. The zero-order valence-corrected chi connectivity index (χ0v) is 13.3. The number of hydrogen-bond acceptors (Lipinski definition) is 2. The second-order valence-electron chi connectivity index (χ2n) is 4.56. The first-order valence-electron chi connectivity index (χ1n) is 6.11. The molecule has 0 spiro atoms. The number of nitrogens with zero attached hydrogens (tertiary/aromatic N) is 2. The normalized spacial score (nSPS) is 11.0. The van der Waals surface area contributed by atoms with Gasteiger partial charge in [0.25, 0.3) is 0 Å². The van der Waals surface area contributed by atoms with Gasteiger partial charge < -0.3 is 4.74 Å². The third-order valence-electron chi connectivity index (χ3n) is 2.74. The first-order chi connectivity index (χ1) is 9.10. The molecule has 0 unspecified atom stereocenters. The van der Waals surface area contributed by atoms with Crippen LogP contribution >= 0.6 is 27.5 Å². The maximum atomic E-state index is 5.86. The van der Waals surface area contributed by atoms with Crippen molar-refractivity contribution in [2.75, 3.05) is 0 Å². The molecule has 0 saturated carbocycles. The summed E-state index contributed by atoms with van der Waals surface area (Å²) >= 11 is 9.31. The predicted octanol–water partition coefficient (Wildman–Crippen LogP) is 4.54. The Bertz CT molecular complexity index is 554. The highest BCUT2D eigenvalue weighted by Gasteiger charge is 2.05. The molecule has 0 radical (unpaired) electrons. The van der Waals surface area contributed by atoms with Crippen LogP contribution in [0.25, 0.3) is 0 Å². The molecule has 1 aromatic heterocycles. The van der Waals surface area contributed by atoms with Crippen LogP contribution in [0.1, 0.15) is 31.1 Å². The van der Waals surface area contributed by atoms with E-state index in [0.29, 0.717) is 18.5 Å². The molecule has 102 valence electrons. The lowest BCUT2D eigenvalue weighted by atomic mass is 10.2. The molecule has 5 heteroatoms.